The van der Waals surface area contributed by atoms with Gasteiger partial charge in [-0.25, -0.2) is 4.68 Å². The topological polar surface area (TPSA) is 79.2 Å². The van der Waals surface area contributed by atoms with Gasteiger partial charge < -0.3 is 15.7 Å². The van der Waals surface area contributed by atoms with Crippen molar-refractivity contribution >= 4 is 5.91 Å². The van der Waals surface area contributed by atoms with Crippen LogP contribution in [0.15, 0.2) is 36.4 Å². The zero-order valence-corrected chi connectivity index (χ0v) is 13.5. The summed E-state index contributed by atoms with van der Waals surface area (Å²) in [5.74, 6) is 0.407. The molecular formula is C18H22N4O2. The number of hydrogen-bond donors (Lipinski definition) is 3. The Labute approximate surface area is 140 Å². The molecule has 4 rings (SSSR count). The van der Waals surface area contributed by atoms with Gasteiger partial charge in [-0.1, -0.05) is 18.2 Å². The van der Waals surface area contributed by atoms with Crippen molar-refractivity contribution in [2.75, 3.05) is 19.6 Å². The van der Waals surface area contributed by atoms with Crippen LogP contribution in [-0.4, -0.2) is 46.5 Å². The number of β-amino-alcohol motifs (C(OH)–C–C–N with tert-alkyl or cyclic N) is 1. The molecule has 1 aromatic carbocycles. The summed E-state index contributed by atoms with van der Waals surface area (Å²) in [6, 6.07) is 11.6. The van der Waals surface area contributed by atoms with E-state index in [1.165, 1.54) is 0 Å². The molecule has 1 aromatic heterocycles. The van der Waals surface area contributed by atoms with Crippen LogP contribution in [0.4, 0.5) is 0 Å². The zero-order valence-electron chi connectivity index (χ0n) is 13.5. The molecular weight excluding hydrogens is 304 g/mol. The van der Waals surface area contributed by atoms with E-state index in [9.17, 15) is 9.90 Å². The first-order valence-electron chi connectivity index (χ1n) is 8.55. The minimum absolute atomic E-state index is 0.0601. The van der Waals surface area contributed by atoms with Crippen LogP contribution in [0.3, 0.4) is 0 Å². The number of rotatable bonds is 5. The largest absolute Gasteiger partial charge is 0.391 e. The Morgan fingerprint density at radius 2 is 2.08 bits per heavy atom. The number of aliphatic hydroxyl groups is 1. The molecule has 1 saturated carbocycles. The number of benzene rings is 1. The van der Waals surface area contributed by atoms with E-state index in [1.54, 1.807) is 4.68 Å². The number of nitrogens with zero attached hydrogens (tertiary/aromatic N) is 2. The number of nitrogens with one attached hydrogen (secondary N) is 2. The summed E-state index contributed by atoms with van der Waals surface area (Å²) in [5.41, 5.74) is 2.44. The van der Waals surface area contributed by atoms with Crippen LogP contribution < -0.4 is 10.6 Å². The van der Waals surface area contributed by atoms with Gasteiger partial charge in [0, 0.05) is 31.5 Å². The van der Waals surface area contributed by atoms with E-state index in [4.69, 9.17) is 0 Å². The van der Waals surface area contributed by atoms with E-state index in [0.717, 1.165) is 30.8 Å². The Hall–Kier alpha value is -2.18. The van der Waals surface area contributed by atoms with Crippen molar-refractivity contribution < 1.29 is 9.90 Å². The third-order valence-corrected chi connectivity index (χ3v) is 4.79. The third kappa shape index (κ3) is 3.07. The van der Waals surface area contributed by atoms with E-state index < -0.39 is 6.10 Å². The average molecular weight is 326 g/mol. The molecule has 2 aliphatic rings. The van der Waals surface area contributed by atoms with E-state index in [-0.39, 0.29) is 11.8 Å². The smallest absolute Gasteiger partial charge is 0.270 e. The van der Waals surface area contributed by atoms with E-state index in [0.29, 0.717) is 24.7 Å². The maximum atomic E-state index is 12.7. The summed E-state index contributed by atoms with van der Waals surface area (Å²) in [6.45, 7) is 1.78. The van der Waals surface area contributed by atoms with Crippen molar-refractivity contribution in [1.82, 2.24) is 20.4 Å². The molecule has 3 N–H and O–H groups in total. The van der Waals surface area contributed by atoms with Gasteiger partial charge in [0.25, 0.3) is 5.91 Å². The Morgan fingerprint density at radius 1 is 1.29 bits per heavy atom. The maximum Gasteiger partial charge on any atom is 0.270 e. The summed E-state index contributed by atoms with van der Waals surface area (Å²) in [7, 11) is 0. The van der Waals surface area contributed by atoms with E-state index >= 15 is 0 Å². The molecule has 0 bridgehead atoms. The molecule has 1 saturated heterocycles. The Balaban J connectivity index is 1.55. The molecule has 0 spiro atoms. The number of para-hydroxylation sites is 1. The molecule has 6 heteroatoms. The molecule has 2 aromatic rings. The summed E-state index contributed by atoms with van der Waals surface area (Å²) in [6.07, 6.45) is 1.89. The van der Waals surface area contributed by atoms with Crippen LogP contribution in [0, 0.1) is 5.92 Å². The fourth-order valence-electron chi connectivity index (χ4n) is 3.15. The summed E-state index contributed by atoms with van der Waals surface area (Å²) in [4.78, 5) is 12.7. The minimum Gasteiger partial charge on any atom is -0.391 e. The standard InChI is InChI=1S/C18H22N4O2/c23-17-11-19-9-13(17)10-20-18(24)16-8-15(12-6-7-12)21-22(16)14-4-2-1-3-5-14/h1-5,8,12-13,17,19,23H,6-7,9-11H2,(H,20,24). The monoisotopic (exact) mass is 326 g/mol. The van der Waals surface area contributed by atoms with Crippen molar-refractivity contribution in [3.63, 3.8) is 0 Å². The normalized spacial score (nSPS) is 23.4. The second kappa shape index (κ2) is 6.37. The Bertz CT molecular complexity index is 724. The lowest BCUT2D eigenvalue weighted by Crippen LogP contribution is -2.35. The first-order chi connectivity index (χ1) is 11.7. The van der Waals surface area contributed by atoms with Gasteiger partial charge in [0.1, 0.15) is 5.69 Å². The van der Waals surface area contributed by atoms with Crippen molar-refractivity contribution in [2.24, 2.45) is 5.92 Å². The van der Waals surface area contributed by atoms with Crippen LogP contribution in [0.2, 0.25) is 0 Å². The highest BCUT2D eigenvalue weighted by molar-refractivity contribution is 5.93. The number of hydrogen-bond acceptors (Lipinski definition) is 4. The number of aliphatic hydroxyl groups excluding tert-OH is 1. The third-order valence-electron chi connectivity index (χ3n) is 4.79. The number of aromatic nitrogens is 2. The van der Waals surface area contributed by atoms with Crippen LogP contribution in [-0.2, 0) is 0 Å². The molecule has 2 heterocycles. The van der Waals surface area contributed by atoms with Gasteiger partial charge in [-0.2, -0.15) is 5.10 Å². The molecule has 6 nitrogen and oxygen atoms in total. The quantitative estimate of drug-likeness (QED) is 0.768. The molecule has 24 heavy (non-hydrogen) atoms. The van der Waals surface area contributed by atoms with Gasteiger partial charge >= 0.3 is 0 Å². The van der Waals surface area contributed by atoms with Gasteiger partial charge in [0.15, 0.2) is 0 Å². The fraction of sp³-hybridized carbons (Fsp3) is 0.444. The predicted octanol–water partition coefficient (Wildman–Crippen LogP) is 1.06. The van der Waals surface area contributed by atoms with Gasteiger partial charge in [0.05, 0.1) is 17.5 Å². The van der Waals surface area contributed by atoms with Gasteiger partial charge in [-0.05, 0) is 31.0 Å². The van der Waals surface area contributed by atoms with Crippen molar-refractivity contribution in [2.45, 2.75) is 24.9 Å². The number of amides is 1. The van der Waals surface area contributed by atoms with Gasteiger partial charge in [-0.3, -0.25) is 4.79 Å². The lowest BCUT2D eigenvalue weighted by Gasteiger charge is -2.14. The van der Waals surface area contributed by atoms with Crippen LogP contribution >= 0.6 is 0 Å². The predicted molar refractivity (Wildman–Crippen MR) is 90.2 cm³/mol. The van der Waals surface area contributed by atoms with Crippen molar-refractivity contribution in [3.8, 4) is 5.69 Å². The molecule has 2 atom stereocenters. The highest BCUT2D eigenvalue weighted by Gasteiger charge is 2.30. The van der Waals surface area contributed by atoms with Gasteiger partial charge in [-0.15, -0.1) is 0 Å². The number of carbonyl (C=O) groups is 1. The second-order valence-electron chi connectivity index (χ2n) is 6.67. The lowest BCUT2D eigenvalue weighted by molar-refractivity contribution is 0.0919. The molecule has 2 unspecified atom stereocenters. The van der Waals surface area contributed by atoms with Crippen LogP contribution in [0.25, 0.3) is 5.69 Å². The average Bonchev–Trinajstić information content (AvgIpc) is 3.23. The second-order valence-corrected chi connectivity index (χ2v) is 6.67. The number of carbonyl (C=O) groups excluding carboxylic acids is 1. The minimum atomic E-state index is -0.397. The molecule has 1 aliphatic heterocycles. The first kappa shape index (κ1) is 15.4. The van der Waals surface area contributed by atoms with Crippen molar-refractivity contribution in [1.29, 1.82) is 0 Å². The van der Waals surface area contributed by atoms with Crippen LogP contribution in [0.1, 0.15) is 34.9 Å². The molecule has 2 fully saturated rings. The summed E-state index contributed by atoms with van der Waals surface area (Å²) < 4.78 is 1.73. The van der Waals surface area contributed by atoms with Crippen LogP contribution in [0.5, 0.6) is 0 Å². The van der Waals surface area contributed by atoms with Crippen molar-refractivity contribution in [3.05, 3.63) is 47.8 Å². The molecule has 0 radical (unpaired) electrons. The van der Waals surface area contributed by atoms with Gasteiger partial charge in [0.2, 0.25) is 0 Å². The fourth-order valence-corrected chi connectivity index (χ4v) is 3.15. The molecule has 1 aliphatic carbocycles. The first-order valence-corrected chi connectivity index (χ1v) is 8.55. The summed E-state index contributed by atoms with van der Waals surface area (Å²) in [5, 5.41) is 20.6. The van der Waals surface area contributed by atoms with E-state index in [2.05, 4.69) is 15.7 Å². The van der Waals surface area contributed by atoms with E-state index in [1.807, 2.05) is 36.4 Å². The zero-order chi connectivity index (χ0) is 16.5. The molecule has 126 valence electrons. The highest BCUT2D eigenvalue weighted by atomic mass is 16.3. The SMILES string of the molecule is O=C(NCC1CNCC1O)c1cc(C2CC2)nn1-c1ccccc1. The Kier molecular flexibility index (Phi) is 4.08. The Morgan fingerprint density at radius 3 is 2.75 bits per heavy atom. The lowest BCUT2D eigenvalue weighted by atomic mass is 10.1. The summed E-state index contributed by atoms with van der Waals surface area (Å²) >= 11 is 0. The maximum absolute atomic E-state index is 12.7. The molecule has 1 amide bonds. The highest BCUT2D eigenvalue weighted by Crippen LogP contribution is 2.39.